The Kier molecular flexibility index (Phi) is 3.21. The second-order valence-corrected chi connectivity index (χ2v) is 4.86. The van der Waals surface area contributed by atoms with Crippen LogP contribution in [0.4, 0.5) is 0 Å². The molecular weight excluding hydrogens is 234 g/mol. The molecule has 0 aromatic carbocycles. The lowest BCUT2D eigenvalue weighted by molar-refractivity contribution is 0.0741. The highest BCUT2D eigenvalue weighted by atomic mass is 35.5. The molecule has 1 aromatic rings. The second kappa shape index (κ2) is 4.45. The van der Waals surface area contributed by atoms with Crippen LogP contribution in [0.5, 0.6) is 0 Å². The van der Waals surface area contributed by atoms with Gasteiger partial charge in [0.1, 0.15) is 4.88 Å². The molecule has 15 heavy (non-hydrogen) atoms. The van der Waals surface area contributed by atoms with Crippen LogP contribution in [-0.4, -0.2) is 38.9 Å². The van der Waals surface area contributed by atoms with E-state index in [2.05, 4.69) is 16.5 Å². The van der Waals surface area contributed by atoms with Crippen molar-refractivity contribution < 1.29 is 4.79 Å². The average molecular weight is 246 g/mol. The van der Waals surface area contributed by atoms with Crippen molar-refractivity contribution in [2.75, 3.05) is 12.4 Å². The first-order valence-electron chi connectivity index (χ1n) is 4.88. The number of alkyl halides is 1. The minimum absolute atomic E-state index is 0.0139. The molecule has 2 unspecified atom stereocenters. The molecule has 2 heterocycles. The molecule has 2 atom stereocenters. The highest BCUT2D eigenvalue weighted by Gasteiger charge is 2.34. The lowest BCUT2D eigenvalue weighted by Crippen LogP contribution is -2.38. The van der Waals surface area contributed by atoms with Crippen LogP contribution in [0.3, 0.4) is 0 Å². The van der Waals surface area contributed by atoms with Gasteiger partial charge in [0.25, 0.3) is 5.91 Å². The number of carbonyl (C=O) groups excluding carboxylic acids is 1. The number of halogens is 1. The van der Waals surface area contributed by atoms with Gasteiger partial charge in [0.2, 0.25) is 0 Å². The fourth-order valence-electron chi connectivity index (χ4n) is 1.90. The Morgan fingerprint density at radius 3 is 3.20 bits per heavy atom. The summed E-state index contributed by atoms with van der Waals surface area (Å²) in [5.41, 5.74) is 0. The van der Waals surface area contributed by atoms with E-state index in [1.807, 2.05) is 4.90 Å². The third kappa shape index (κ3) is 1.99. The molecule has 1 aliphatic heterocycles. The normalized spacial score (nSPS) is 25.9. The minimum Gasteiger partial charge on any atom is -0.333 e. The Morgan fingerprint density at radius 1 is 1.80 bits per heavy atom. The summed E-state index contributed by atoms with van der Waals surface area (Å²) in [6.45, 7) is 2.92. The zero-order chi connectivity index (χ0) is 10.8. The van der Waals surface area contributed by atoms with Gasteiger partial charge in [-0.05, 0) is 23.9 Å². The van der Waals surface area contributed by atoms with Gasteiger partial charge in [-0.3, -0.25) is 4.79 Å². The number of nitrogens with zero attached hydrogens (tertiary/aromatic N) is 3. The van der Waals surface area contributed by atoms with E-state index in [4.69, 9.17) is 11.6 Å². The molecule has 6 heteroatoms. The zero-order valence-corrected chi connectivity index (χ0v) is 9.96. The van der Waals surface area contributed by atoms with Crippen molar-refractivity contribution in [3.05, 3.63) is 11.1 Å². The number of likely N-dealkylation sites (tertiary alicyclic amines) is 1. The first kappa shape index (κ1) is 10.8. The van der Waals surface area contributed by atoms with E-state index in [-0.39, 0.29) is 11.9 Å². The molecule has 0 aliphatic carbocycles. The Morgan fingerprint density at radius 2 is 2.60 bits per heavy atom. The van der Waals surface area contributed by atoms with Crippen LogP contribution in [0.2, 0.25) is 0 Å². The average Bonchev–Trinajstić information content (AvgIpc) is 2.85. The highest BCUT2D eigenvalue weighted by Crippen LogP contribution is 2.26. The van der Waals surface area contributed by atoms with Gasteiger partial charge >= 0.3 is 0 Å². The number of hydrogen-bond donors (Lipinski definition) is 0. The van der Waals surface area contributed by atoms with Crippen molar-refractivity contribution in [2.45, 2.75) is 19.4 Å². The van der Waals surface area contributed by atoms with E-state index in [0.717, 1.165) is 24.5 Å². The minimum atomic E-state index is 0.0139. The van der Waals surface area contributed by atoms with Gasteiger partial charge in [0.15, 0.2) is 0 Å². The van der Waals surface area contributed by atoms with E-state index in [1.165, 1.54) is 6.20 Å². The molecule has 1 aromatic heterocycles. The molecule has 0 spiro atoms. The summed E-state index contributed by atoms with van der Waals surface area (Å²) in [5, 5.41) is 3.67. The Labute approximate surface area is 97.4 Å². The Bertz CT molecular complexity index is 343. The molecule has 0 radical (unpaired) electrons. The molecule has 0 saturated carbocycles. The number of amides is 1. The maximum Gasteiger partial charge on any atom is 0.267 e. The van der Waals surface area contributed by atoms with Gasteiger partial charge in [-0.15, -0.1) is 16.7 Å². The molecular formula is C9H12ClN3OS. The van der Waals surface area contributed by atoms with Crippen molar-refractivity contribution in [3.8, 4) is 0 Å². The number of carbonyl (C=O) groups is 1. The molecule has 82 valence electrons. The smallest absolute Gasteiger partial charge is 0.267 e. The number of hydrogen-bond acceptors (Lipinski definition) is 4. The maximum atomic E-state index is 12.0. The fourth-order valence-corrected chi connectivity index (χ4v) is 2.84. The van der Waals surface area contributed by atoms with Crippen LogP contribution >= 0.6 is 23.1 Å². The summed E-state index contributed by atoms with van der Waals surface area (Å²) in [7, 11) is 0. The number of rotatable bonds is 2. The molecule has 1 saturated heterocycles. The van der Waals surface area contributed by atoms with Gasteiger partial charge in [-0.2, -0.15) is 0 Å². The summed E-state index contributed by atoms with van der Waals surface area (Å²) >= 11 is 7.02. The summed E-state index contributed by atoms with van der Waals surface area (Å²) in [6.07, 6.45) is 2.54. The van der Waals surface area contributed by atoms with E-state index in [1.54, 1.807) is 0 Å². The molecule has 0 N–H and O–H groups in total. The van der Waals surface area contributed by atoms with Crippen molar-refractivity contribution in [2.24, 2.45) is 5.92 Å². The van der Waals surface area contributed by atoms with Crippen molar-refractivity contribution >= 4 is 29.0 Å². The predicted molar refractivity (Wildman–Crippen MR) is 59.2 cm³/mol. The summed E-state index contributed by atoms with van der Waals surface area (Å²) in [4.78, 5) is 14.5. The summed E-state index contributed by atoms with van der Waals surface area (Å²) < 4.78 is 3.70. The lowest BCUT2D eigenvalue weighted by atomic mass is 10.1. The molecule has 4 nitrogen and oxygen atoms in total. The molecule has 1 aliphatic rings. The predicted octanol–water partition coefficient (Wildman–Crippen LogP) is 1.63. The van der Waals surface area contributed by atoms with Crippen LogP contribution in [-0.2, 0) is 0 Å². The Balaban J connectivity index is 2.14. The quantitative estimate of drug-likeness (QED) is 0.744. The fraction of sp³-hybridized carbons (Fsp3) is 0.667. The van der Waals surface area contributed by atoms with E-state index in [9.17, 15) is 4.79 Å². The van der Waals surface area contributed by atoms with Crippen LogP contribution < -0.4 is 0 Å². The molecule has 1 fully saturated rings. The second-order valence-electron chi connectivity index (χ2n) is 3.77. The van der Waals surface area contributed by atoms with Gasteiger partial charge < -0.3 is 4.90 Å². The van der Waals surface area contributed by atoms with Gasteiger partial charge in [0, 0.05) is 18.5 Å². The van der Waals surface area contributed by atoms with Gasteiger partial charge in [-0.1, -0.05) is 11.4 Å². The number of aromatic nitrogens is 2. The highest BCUT2D eigenvalue weighted by molar-refractivity contribution is 7.07. The SMILES string of the molecule is CC1CCN(C(=O)c2cnns2)C1CCl. The van der Waals surface area contributed by atoms with Crippen molar-refractivity contribution in [3.63, 3.8) is 0 Å². The molecule has 1 amide bonds. The van der Waals surface area contributed by atoms with E-state index < -0.39 is 0 Å². The zero-order valence-electron chi connectivity index (χ0n) is 8.39. The first-order valence-corrected chi connectivity index (χ1v) is 6.19. The van der Waals surface area contributed by atoms with Crippen LogP contribution in [0.15, 0.2) is 6.20 Å². The summed E-state index contributed by atoms with van der Waals surface area (Å²) in [5.74, 6) is 0.992. The summed E-state index contributed by atoms with van der Waals surface area (Å²) in [6, 6.07) is 0.154. The van der Waals surface area contributed by atoms with E-state index in [0.29, 0.717) is 16.7 Å². The standard InChI is InChI=1S/C9H12ClN3OS/c1-6-2-3-13(7(6)4-10)9(14)8-5-11-12-15-8/h5-7H,2-4H2,1H3. The van der Waals surface area contributed by atoms with Crippen molar-refractivity contribution in [1.29, 1.82) is 0 Å². The molecule has 0 bridgehead atoms. The third-order valence-corrected chi connectivity index (χ3v) is 3.84. The first-order chi connectivity index (χ1) is 7.24. The van der Waals surface area contributed by atoms with E-state index >= 15 is 0 Å². The topological polar surface area (TPSA) is 46.1 Å². The van der Waals surface area contributed by atoms with Gasteiger partial charge in [-0.25, -0.2) is 0 Å². The van der Waals surface area contributed by atoms with Gasteiger partial charge in [0.05, 0.1) is 6.20 Å². The monoisotopic (exact) mass is 245 g/mol. The third-order valence-electron chi connectivity index (χ3n) is 2.87. The molecule has 2 rings (SSSR count). The van der Waals surface area contributed by atoms with Crippen LogP contribution in [0.25, 0.3) is 0 Å². The van der Waals surface area contributed by atoms with Crippen LogP contribution in [0, 0.1) is 5.92 Å². The largest absolute Gasteiger partial charge is 0.333 e. The van der Waals surface area contributed by atoms with Crippen molar-refractivity contribution in [1.82, 2.24) is 14.5 Å². The Hall–Kier alpha value is -0.680. The lowest BCUT2D eigenvalue weighted by Gasteiger charge is -2.24. The maximum absolute atomic E-state index is 12.0. The van der Waals surface area contributed by atoms with Crippen LogP contribution in [0.1, 0.15) is 23.0 Å².